The van der Waals surface area contributed by atoms with Crippen molar-refractivity contribution in [3.8, 4) is 0 Å². The van der Waals surface area contributed by atoms with Crippen LogP contribution in [0.1, 0.15) is 51.9 Å². The molecule has 104 valence electrons. The third-order valence-corrected chi connectivity index (χ3v) is 4.56. The summed E-state index contributed by atoms with van der Waals surface area (Å²) in [5.74, 6) is 2.22. The molecule has 0 aromatic rings. The van der Waals surface area contributed by atoms with Gasteiger partial charge in [0.05, 0.1) is 5.92 Å². The van der Waals surface area contributed by atoms with E-state index in [9.17, 15) is 4.79 Å². The maximum Gasteiger partial charge on any atom is 0.224 e. The molecule has 2 rings (SSSR count). The summed E-state index contributed by atoms with van der Waals surface area (Å²) in [7, 11) is 0. The van der Waals surface area contributed by atoms with Gasteiger partial charge in [0.15, 0.2) is 0 Å². The van der Waals surface area contributed by atoms with Crippen LogP contribution < -0.4 is 10.6 Å². The molecule has 1 heterocycles. The summed E-state index contributed by atoms with van der Waals surface area (Å²) in [5.41, 5.74) is 0. The molecule has 0 bridgehead atoms. The van der Waals surface area contributed by atoms with Gasteiger partial charge < -0.3 is 10.6 Å². The second-order valence-electron chi connectivity index (χ2n) is 6.26. The van der Waals surface area contributed by atoms with Crippen LogP contribution in [0.4, 0.5) is 0 Å². The molecule has 1 aliphatic heterocycles. The lowest BCUT2D eigenvalue weighted by Gasteiger charge is -2.27. The molecule has 1 saturated carbocycles. The highest BCUT2D eigenvalue weighted by molar-refractivity contribution is 5.78. The highest BCUT2D eigenvalue weighted by Crippen LogP contribution is 2.30. The van der Waals surface area contributed by atoms with Crippen LogP contribution in [0.2, 0.25) is 0 Å². The van der Waals surface area contributed by atoms with Crippen LogP contribution in [0.3, 0.4) is 0 Å². The highest BCUT2D eigenvalue weighted by Gasteiger charge is 2.22. The Labute approximate surface area is 111 Å². The quantitative estimate of drug-likeness (QED) is 0.806. The molecule has 1 saturated heterocycles. The molecule has 0 spiro atoms. The molecular formula is C15H28N2O. The first kappa shape index (κ1) is 13.9. The van der Waals surface area contributed by atoms with Crippen LogP contribution in [-0.4, -0.2) is 25.5 Å². The molecule has 3 nitrogen and oxygen atoms in total. The molecule has 3 heteroatoms. The number of piperidine rings is 1. The van der Waals surface area contributed by atoms with Crippen molar-refractivity contribution in [1.29, 1.82) is 0 Å². The fourth-order valence-corrected chi connectivity index (χ4v) is 3.44. The minimum absolute atomic E-state index is 0.212. The van der Waals surface area contributed by atoms with Gasteiger partial charge in [0.25, 0.3) is 0 Å². The second-order valence-corrected chi connectivity index (χ2v) is 6.26. The van der Waals surface area contributed by atoms with E-state index >= 15 is 0 Å². The number of amides is 1. The zero-order valence-corrected chi connectivity index (χ0v) is 11.7. The van der Waals surface area contributed by atoms with Gasteiger partial charge in [0, 0.05) is 13.1 Å². The van der Waals surface area contributed by atoms with E-state index in [0.717, 1.165) is 44.3 Å². The molecule has 2 N–H and O–H groups in total. The Bertz CT molecular complexity index is 261. The maximum absolute atomic E-state index is 12.0. The van der Waals surface area contributed by atoms with E-state index in [1.165, 1.54) is 32.1 Å². The Kier molecular flexibility index (Phi) is 5.48. The summed E-state index contributed by atoms with van der Waals surface area (Å²) < 4.78 is 0. The lowest BCUT2D eigenvalue weighted by atomic mass is 9.81. The number of hydrogen-bond acceptors (Lipinski definition) is 2. The van der Waals surface area contributed by atoms with Crippen LogP contribution in [0, 0.1) is 17.8 Å². The van der Waals surface area contributed by atoms with Crippen molar-refractivity contribution in [1.82, 2.24) is 10.6 Å². The fraction of sp³-hybridized carbons (Fsp3) is 0.933. The standard InChI is InChI=1S/C15H28N2O/c1-12-4-2-5-13(10-12)7-9-17-15(18)14-6-3-8-16-11-14/h12-14,16H,2-11H2,1H3,(H,17,18). The fourth-order valence-electron chi connectivity index (χ4n) is 3.44. The molecule has 1 aliphatic carbocycles. The molecule has 3 atom stereocenters. The first-order valence-corrected chi connectivity index (χ1v) is 7.74. The summed E-state index contributed by atoms with van der Waals surface area (Å²) in [6.07, 6.45) is 8.88. The van der Waals surface area contributed by atoms with Gasteiger partial charge in [-0.05, 0) is 44.1 Å². The first-order chi connectivity index (χ1) is 8.75. The molecular weight excluding hydrogens is 224 g/mol. The van der Waals surface area contributed by atoms with Crippen molar-refractivity contribution < 1.29 is 4.79 Å². The third-order valence-electron chi connectivity index (χ3n) is 4.56. The SMILES string of the molecule is CC1CCCC(CCNC(=O)C2CCCNC2)C1. The summed E-state index contributed by atoms with van der Waals surface area (Å²) in [6, 6.07) is 0. The van der Waals surface area contributed by atoms with Gasteiger partial charge in [-0.2, -0.15) is 0 Å². The van der Waals surface area contributed by atoms with Crippen LogP contribution >= 0.6 is 0 Å². The second kappa shape index (κ2) is 7.13. The van der Waals surface area contributed by atoms with E-state index < -0.39 is 0 Å². The molecule has 2 fully saturated rings. The van der Waals surface area contributed by atoms with E-state index in [1.807, 2.05) is 0 Å². The van der Waals surface area contributed by atoms with Gasteiger partial charge in [-0.1, -0.05) is 26.2 Å². The molecule has 0 aromatic carbocycles. The highest BCUT2D eigenvalue weighted by atomic mass is 16.1. The monoisotopic (exact) mass is 252 g/mol. The molecule has 18 heavy (non-hydrogen) atoms. The van der Waals surface area contributed by atoms with E-state index in [-0.39, 0.29) is 11.8 Å². The minimum atomic E-state index is 0.212. The predicted molar refractivity (Wildman–Crippen MR) is 74.3 cm³/mol. The van der Waals surface area contributed by atoms with Crippen LogP contribution in [0.5, 0.6) is 0 Å². The number of rotatable bonds is 4. The lowest BCUT2D eigenvalue weighted by molar-refractivity contribution is -0.125. The summed E-state index contributed by atoms with van der Waals surface area (Å²) in [6.45, 7) is 5.18. The summed E-state index contributed by atoms with van der Waals surface area (Å²) >= 11 is 0. The first-order valence-electron chi connectivity index (χ1n) is 7.74. The average Bonchev–Trinajstić information content (AvgIpc) is 2.40. The van der Waals surface area contributed by atoms with E-state index in [1.54, 1.807) is 0 Å². The van der Waals surface area contributed by atoms with Gasteiger partial charge in [-0.25, -0.2) is 0 Å². The molecule has 1 amide bonds. The Morgan fingerprint density at radius 2 is 2.17 bits per heavy atom. The normalized spacial score (nSPS) is 33.1. The largest absolute Gasteiger partial charge is 0.356 e. The zero-order valence-electron chi connectivity index (χ0n) is 11.7. The van der Waals surface area contributed by atoms with E-state index in [0.29, 0.717) is 0 Å². The minimum Gasteiger partial charge on any atom is -0.356 e. The number of carbonyl (C=O) groups is 1. The molecule has 0 aromatic heterocycles. The van der Waals surface area contributed by atoms with Crippen molar-refractivity contribution in [2.24, 2.45) is 17.8 Å². The Morgan fingerprint density at radius 1 is 1.28 bits per heavy atom. The van der Waals surface area contributed by atoms with Gasteiger partial charge >= 0.3 is 0 Å². The van der Waals surface area contributed by atoms with E-state index in [4.69, 9.17) is 0 Å². The average molecular weight is 252 g/mol. The van der Waals surface area contributed by atoms with Crippen molar-refractivity contribution in [3.63, 3.8) is 0 Å². The third kappa shape index (κ3) is 4.27. The summed E-state index contributed by atoms with van der Waals surface area (Å²) in [4.78, 5) is 12.0. The Balaban J connectivity index is 1.60. The number of hydrogen-bond donors (Lipinski definition) is 2. The van der Waals surface area contributed by atoms with Crippen molar-refractivity contribution in [2.45, 2.75) is 51.9 Å². The Hall–Kier alpha value is -0.570. The zero-order chi connectivity index (χ0) is 12.8. The lowest BCUT2D eigenvalue weighted by Crippen LogP contribution is -2.41. The predicted octanol–water partition coefficient (Wildman–Crippen LogP) is 2.32. The molecule has 3 unspecified atom stereocenters. The molecule has 2 aliphatic rings. The van der Waals surface area contributed by atoms with E-state index in [2.05, 4.69) is 17.6 Å². The number of nitrogens with one attached hydrogen (secondary N) is 2. The number of carbonyl (C=O) groups excluding carboxylic acids is 1. The van der Waals surface area contributed by atoms with Crippen LogP contribution in [-0.2, 0) is 4.79 Å². The van der Waals surface area contributed by atoms with Crippen molar-refractivity contribution in [3.05, 3.63) is 0 Å². The van der Waals surface area contributed by atoms with Crippen molar-refractivity contribution in [2.75, 3.05) is 19.6 Å². The summed E-state index contributed by atoms with van der Waals surface area (Å²) in [5, 5.41) is 6.44. The van der Waals surface area contributed by atoms with Crippen LogP contribution in [0.25, 0.3) is 0 Å². The van der Waals surface area contributed by atoms with Gasteiger partial charge in [0.1, 0.15) is 0 Å². The van der Waals surface area contributed by atoms with Gasteiger partial charge in [-0.15, -0.1) is 0 Å². The Morgan fingerprint density at radius 3 is 2.89 bits per heavy atom. The smallest absolute Gasteiger partial charge is 0.224 e. The maximum atomic E-state index is 12.0. The van der Waals surface area contributed by atoms with Gasteiger partial charge in [0.2, 0.25) is 5.91 Å². The van der Waals surface area contributed by atoms with Gasteiger partial charge in [-0.3, -0.25) is 4.79 Å². The topological polar surface area (TPSA) is 41.1 Å². The molecule has 0 radical (unpaired) electrons. The van der Waals surface area contributed by atoms with Crippen LogP contribution in [0.15, 0.2) is 0 Å². The van der Waals surface area contributed by atoms with Crippen molar-refractivity contribution >= 4 is 5.91 Å².